The SMILES string of the molecule is CC(C)(C)C(=O)OC[C@H]1OCC2=C(O[C@H]3O[C@@H](COCc4ccccc4)[C@H](OCc4ccccc4)[C@@H](OCc4ccccc4)[C@H]3S2)[C@H]1OCc1ccccc1. The van der Waals surface area contributed by atoms with E-state index in [4.69, 9.17) is 37.9 Å². The summed E-state index contributed by atoms with van der Waals surface area (Å²) < 4.78 is 52.4. The highest BCUT2D eigenvalue weighted by molar-refractivity contribution is 8.03. The maximum absolute atomic E-state index is 12.8. The van der Waals surface area contributed by atoms with Gasteiger partial charge in [0.25, 0.3) is 0 Å². The monoisotopic (exact) mass is 766 g/mol. The first kappa shape index (κ1) is 39.2. The fourth-order valence-corrected chi connectivity index (χ4v) is 8.00. The minimum Gasteiger partial charge on any atom is -0.464 e. The summed E-state index contributed by atoms with van der Waals surface area (Å²) in [6.07, 6.45) is -3.42. The first-order valence-electron chi connectivity index (χ1n) is 18.9. The van der Waals surface area contributed by atoms with E-state index in [1.54, 1.807) is 11.8 Å². The van der Waals surface area contributed by atoms with Gasteiger partial charge in [0.1, 0.15) is 48.1 Å². The van der Waals surface area contributed by atoms with E-state index in [1.807, 2.05) is 130 Å². The zero-order valence-corrected chi connectivity index (χ0v) is 32.4. The Labute approximate surface area is 328 Å². The van der Waals surface area contributed by atoms with Gasteiger partial charge in [0, 0.05) is 0 Å². The largest absolute Gasteiger partial charge is 0.464 e. The molecule has 290 valence electrons. The van der Waals surface area contributed by atoms with Gasteiger partial charge in [-0.25, -0.2) is 0 Å². The highest BCUT2D eigenvalue weighted by atomic mass is 32.2. The number of rotatable bonds is 15. The van der Waals surface area contributed by atoms with E-state index in [1.165, 1.54) is 0 Å². The van der Waals surface area contributed by atoms with Crippen molar-refractivity contribution in [1.29, 1.82) is 0 Å². The zero-order chi connectivity index (χ0) is 38.0. The average Bonchev–Trinajstić information content (AvgIpc) is 3.21. The summed E-state index contributed by atoms with van der Waals surface area (Å²) >= 11 is 1.62. The normalized spacial score (nSPS) is 25.0. The van der Waals surface area contributed by atoms with Crippen molar-refractivity contribution in [3.05, 3.63) is 154 Å². The van der Waals surface area contributed by atoms with Gasteiger partial charge in [0.05, 0.1) is 50.0 Å². The van der Waals surface area contributed by atoms with Crippen LogP contribution in [-0.2, 0) is 69.1 Å². The van der Waals surface area contributed by atoms with Crippen LogP contribution in [0.3, 0.4) is 0 Å². The number of carbonyl (C=O) groups excluding carboxylic acids is 1. The van der Waals surface area contributed by atoms with Crippen LogP contribution in [-0.4, -0.2) is 67.8 Å². The van der Waals surface area contributed by atoms with Crippen LogP contribution in [0.15, 0.2) is 132 Å². The second kappa shape index (κ2) is 18.8. The van der Waals surface area contributed by atoms with Gasteiger partial charge >= 0.3 is 5.97 Å². The van der Waals surface area contributed by atoms with Crippen molar-refractivity contribution in [3.8, 4) is 0 Å². The number of carbonyl (C=O) groups is 1. The Hall–Kier alpha value is -4.00. The van der Waals surface area contributed by atoms with E-state index in [0.29, 0.717) is 32.2 Å². The van der Waals surface area contributed by atoms with Gasteiger partial charge in [-0.3, -0.25) is 4.79 Å². The van der Waals surface area contributed by atoms with Crippen molar-refractivity contribution in [2.24, 2.45) is 5.41 Å². The highest BCUT2D eigenvalue weighted by Crippen LogP contribution is 2.47. The number of thioether (sulfide) groups is 1. The van der Waals surface area contributed by atoms with Gasteiger partial charge in [-0.05, 0) is 43.0 Å². The molecule has 7 rings (SSSR count). The van der Waals surface area contributed by atoms with Gasteiger partial charge in [0.15, 0.2) is 0 Å². The molecule has 0 saturated carbocycles. The molecule has 55 heavy (non-hydrogen) atoms. The van der Waals surface area contributed by atoms with E-state index in [-0.39, 0.29) is 31.0 Å². The number of benzene rings is 4. The van der Waals surface area contributed by atoms with Crippen LogP contribution in [0.2, 0.25) is 0 Å². The molecule has 3 aliphatic heterocycles. The molecule has 4 aromatic carbocycles. The number of fused-ring (bicyclic) bond motifs is 1. The fourth-order valence-electron chi connectivity index (χ4n) is 6.66. The summed E-state index contributed by atoms with van der Waals surface area (Å²) in [6, 6.07) is 40.2. The summed E-state index contributed by atoms with van der Waals surface area (Å²) in [4.78, 5) is 13.7. The Morgan fingerprint density at radius 3 is 1.71 bits per heavy atom. The topological polar surface area (TPSA) is 90.9 Å². The molecule has 0 N–H and O–H groups in total. The minimum absolute atomic E-state index is 0.0173. The molecule has 0 amide bonds. The van der Waals surface area contributed by atoms with Crippen LogP contribution in [0.5, 0.6) is 0 Å². The minimum atomic E-state index is -0.717. The number of esters is 1. The summed E-state index contributed by atoms with van der Waals surface area (Å²) in [5, 5.41) is -0.303. The van der Waals surface area contributed by atoms with Gasteiger partial charge < -0.3 is 37.9 Å². The molecule has 0 bridgehead atoms. The molecule has 0 radical (unpaired) electrons. The van der Waals surface area contributed by atoms with Crippen LogP contribution in [0.1, 0.15) is 43.0 Å². The lowest BCUT2D eigenvalue weighted by molar-refractivity contribution is -0.273. The van der Waals surface area contributed by atoms with Crippen LogP contribution in [0.4, 0.5) is 0 Å². The molecule has 0 aliphatic carbocycles. The summed E-state index contributed by atoms with van der Waals surface area (Å²) in [6.45, 7) is 7.51. The Kier molecular flexibility index (Phi) is 13.4. The predicted octanol–water partition coefficient (Wildman–Crippen LogP) is 8.02. The summed E-state index contributed by atoms with van der Waals surface area (Å²) in [7, 11) is 0. The first-order chi connectivity index (χ1) is 26.8. The molecule has 4 aromatic rings. The predicted molar refractivity (Wildman–Crippen MR) is 209 cm³/mol. The van der Waals surface area contributed by atoms with E-state index in [0.717, 1.165) is 27.2 Å². The van der Waals surface area contributed by atoms with Crippen molar-refractivity contribution in [2.45, 2.75) is 89.3 Å². The van der Waals surface area contributed by atoms with E-state index < -0.39 is 42.2 Å². The van der Waals surface area contributed by atoms with Crippen LogP contribution in [0, 0.1) is 5.41 Å². The molecular weight excluding hydrogens is 717 g/mol. The summed E-state index contributed by atoms with van der Waals surface area (Å²) in [5.41, 5.74) is 3.50. The lowest BCUT2D eigenvalue weighted by Gasteiger charge is -2.49. The van der Waals surface area contributed by atoms with Gasteiger partial charge in [-0.15, -0.1) is 11.8 Å². The third kappa shape index (κ3) is 10.4. The van der Waals surface area contributed by atoms with Gasteiger partial charge in [-0.2, -0.15) is 0 Å². The summed E-state index contributed by atoms with van der Waals surface area (Å²) in [5.74, 6) is 0.310. The maximum atomic E-state index is 12.8. The van der Waals surface area contributed by atoms with Crippen LogP contribution in [0.25, 0.3) is 0 Å². The molecule has 1 fully saturated rings. The smallest absolute Gasteiger partial charge is 0.311 e. The number of ether oxygens (including phenoxy) is 8. The molecule has 0 spiro atoms. The van der Waals surface area contributed by atoms with Crippen molar-refractivity contribution >= 4 is 17.7 Å². The van der Waals surface area contributed by atoms with E-state index in [9.17, 15) is 4.79 Å². The third-order valence-electron chi connectivity index (χ3n) is 9.64. The van der Waals surface area contributed by atoms with Gasteiger partial charge in [-0.1, -0.05) is 121 Å². The number of hydrogen-bond acceptors (Lipinski definition) is 10. The Bertz CT molecular complexity index is 1820. The van der Waals surface area contributed by atoms with Gasteiger partial charge in [0.2, 0.25) is 6.29 Å². The number of hydrogen-bond donors (Lipinski definition) is 0. The Morgan fingerprint density at radius 1 is 0.655 bits per heavy atom. The molecular formula is C45H50O9S. The van der Waals surface area contributed by atoms with Crippen molar-refractivity contribution in [2.75, 3.05) is 19.8 Å². The Morgan fingerprint density at radius 2 is 1.16 bits per heavy atom. The maximum Gasteiger partial charge on any atom is 0.311 e. The van der Waals surface area contributed by atoms with Crippen LogP contribution < -0.4 is 0 Å². The lowest BCUT2D eigenvalue weighted by Crippen LogP contribution is -2.61. The third-order valence-corrected chi connectivity index (χ3v) is 11.0. The molecule has 0 unspecified atom stereocenters. The first-order valence-corrected chi connectivity index (χ1v) is 19.8. The van der Waals surface area contributed by atoms with Crippen molar-refractivity contribution < 1.29 is 42.7 Å². The van der Waals surface area contributed by atoms with Crippen molar-refractivity contribution in [1.82, 2.24) is 0 Å². The molecule has 3 heterocycles. The quantitative estimate of drug-likeness (QED) is 0.111. The Balaban J connectivity index is 1.17. The molecule has 0 aromatic heterocycles. The molecule has 1 saturated heterocycles. The highest BCUT2D eigenvalue weighted by Gasteiger charge is 2.54. The molecule has 10 heteroatoms. The zero-order valence-electron chi connectivity index (χ0n) is 31.6. The molecule has 7 atom stereocenters. The second-order valence-electron chi connectivity index (χ2n) is 15.0. The molecule has 9 nitrogen and oxygen atoms in total. The van der Waals surface area contributed by atoms with Crippen molar-refractivity contribution in [3.63, 3.8) is 0 Å². The fraction of sp³-hybridized carbons (Fsp3) is 0.400. The second-order valence-corrected chi connectivity index (χ2v) is 16.2. The molecule has 3 aliphatic rings. The van der Waals surface area contributed by atoms with Crippen LogP contribution >= 0.6 is 11.8 Å². The standard InChI is InChI=1S/C45H50O9S/c1-45(2,3)44(46)52-29-35-38(49-25-32-18-10-5-11-19-32)40-37(30-48-35)55-42-41(51-27-34-22-14-7-15-23-34)39(50-26-33-20-12-6-13-21-33)36(53-43(42)54-40)28-47-24-31-16-8-4-9-17-31/h4-23,35-36,38-39,41-43H,24-30H2,1-3H3/t35-,36+,38+,39+,41-,42-,43-/m1/s1. The van der Waals surface area contributed by atoms with E-state index >= 15 is 0 Å². The lowest BCUT2D eigenvalue weighted by atomic mass is 9.97. The van der Waals surface area contributed by atoms with E-state index in [2.05, 4.69) is 12.1 Å². The average molecular weight is 767 g/mol.